The second kappa shape index (κ2) is 6.08. The predicted octanol–water partition coefficient (Wildman–Crippen LogP) is 5.60. The highest BCUT2D eigenvalue weighted by Crippen LogP contribution is 2.52. The molecule has 0 saturated heterocycles. The number of allylic oxidation sites excluding steroid dienone is 1. The van der Waals surface area contributed by atoms with Crippen molar-refractivity contribution in [2.45, 2.75) is 32.6 Å². The fourth-order valence-electron chi connectivity index (χ4n) is 4.98. The average molecular weight is 434 g/mol. The van der Waals surface area contributed by atoms with Gasteiger partial charge >= 0.3 is 0 Å². The summed E-state index contributed by atoms with van der Waals surface area (Å²) in [6.45, 7) is 4.24. The first kappa shape index (κ1) is 17.7. The second-order valence-electron chi connectivity index (χ2n) is 8.70. The van der Waals surface area contributed by atoms with Gasteiger partial charge in [0.1, 0.15) is 5.78 Å². The van der Waals surface area contributed by atoms with Crippen molar-refractivity contribution in [3.8, 4) is 0 Å². The van der Waals surface area contributed by atoms with Crippen LogP contribution in [0.2, 0.25) is 0 Å². The second-order valence-corrected chi connectivity index (χ2v) is 9.56. The fraction of sp³-hybridized carbons (Fsp3) is 0.292. The number of aliphatic imine (C=N–C) groups is 1. The standard InChI is InChI=1S/C24H20BrNO2/c1-24(2)11-17-20(18(27)12-24)19(15-9-5-6-10-16(15)25)21-22(26-17)13-7-3-4-8-14(13)23(21)28/h3-10,19-20H,11-12H2,1-2H3. The lowest BCUT2D eigenvalue weighted by Crippen LogP contribution is -2.43. The van der Waals surface area contributed by atoms with Gasteiger partial charge in [-0.15, -0.1) is 0 Å². The fourth-order valence-corrected chi connectivity index (χ4v) is 5.52. The minimum Gasteiger partial charge on any atom is -0.299 e. The molecule has 1 heterocycles. The van der Waals surface area contributed by atoms with Crippen LogP contribution < -0.4 is 0 Å². The van der Waals surface area contributed by atoms with Crippen molar-refractivity contribution < 1.29 is 9.59 Å². The lowest BCUT2D eigenvalue weighted by Gasteiger charge is -2.40. The SMILES string of the molecule is CC1(C)CC(=O)C2C(=NC3=C(C(=O)c4ccccc43)C2c2ccccc2Br)C1. The highest BCUT2D eigenvalue weighted by molar-refractivity contribution is 9.10. The number of hydrogen-bond acceptors (Lipinski definition) is 3. The molecule has 0 radical (unpaired) electrons. The third-order valence-electron chi connectivity index (χ3n) is 6.08. The van der Waals surface area contributed by atoms with Crippen molar-refractivity contribution in [1.82, 2.24) is 0 Å². The predicted molar refractivity (Wildman–Crippen MR) is 114 cm³/mol. The van der Waals surface area contributed by atoms with E-state index in [2.05, 4.69) is 29.8 Å². The molecule has 2 unspecified atom stereocenters. The molecule has 4 heteroatoms. The van der Waals surface area contributed by atoms with Gasteiger partial charge in [-0.25, -0.2) is 0 Å². The molecule has 2 aromatic carbocycles. The molecule has 0 aromatic heterocycles. The van der Waals surface area contributed by atoms with Crippen LogP contribution in [0, 0.1) is 11.3 Å². The number of hydrogen-bond donors (Lipinski definition) is 0. The van der Waals surface area contributed by atoms with Gasteiger partial charge in [0.2, 0.25) is 0 Å². The van der Waals surface area contributed by atoms with E-state index in [4.69, 9.17) is 4.99 Å². The molecule has 2 atom stereocenters. The molecule has 2 aromatic rings. The maximum absolute atomic E-state index is 13.4. The molecule has 3 nitrogen and oxygen atoms in total. The smallest absolute Gasteiger partial charge is 0.192 e. The van der Waals surface area contributed by atoms with E-state index in [1.54, 1.807) is 0 Å². The minimum atomic E-state index is -0.358. The van der Waals surface area contributed by atoms with Gasteiger partial charge in [-0.05, 0) is 23.5 Å². The molecule has 5 rings (SSSR count). The summed E-state index contributed by atoms with van der Waals surface area (Å²) < 4.78 is 0.925. The van der Waals surface area contributed by atoms with Gasteiger partial charge in [-0.1, -0.05) is 72.2 Å². The highest BCUT2D eigenvalue weighted by atomic mass is 79.9. The topological polar surface area (TPSA) is 46.5 Å². The zero-order valence-corrected chi connectivity index (χ0v) is 17.4. The first-order chi connectivity index (χ1) is 13.4. The van der Waals surface area contributed by atoms with Crippen LogP contribution in [0.4, 0.5) is 0 Å². The van der Waals surface area contributed by atoms with Crippen molar-refractivity contribution in [3.05, 3.63) is 75.3 Å². The molecule has 3 aliphatic rings. The third-order valence-corrected chi connectivity index (χ3v) is 6.81. The molecular weight excluding hydrogens is 414 g/mol. The maximum atomic E-state index is 13.4. The molecule has 28 heavy (non-hydrogen) atoms. The lowest BCUT2D eigenvalue weighted by atomic mass is 9.63. The molecular formula is C24H20BrNO2. The van der Waals surface area contributed by atoms with Crippen LogP contribution in [-0.4, -0.2) is 17.3 Å². The molecule has 1 aliphatic heterocycles. The Morgan fingerprint density at radius 3 is 2.36 bits per heavy atom. The van der Waals surface area contributed by atoms with E-state index in [-0.39, 0.29) is 28.8 Å². The van der Waals surface area contributed by atoms with Gasteiger partial charge in [0.25, 0.3) is 0 Å². The molecule has 0 amide bonds. The van der Waals surface area contributed by atoms with E-state index in [1.165, 1.54) is 0 Å². The Balaban J connectivity index is 1.78. The monoisotopic (exact) mass is 433 g/mol. The summed E-state index contributed by atoms with van der Waals surface area (Å²) >= 11 is 3.66. The Bertz CT molecular complexity index is 1110. The van der Waals surface area contributed by atoms with E-state index in [0.29, 0.717) is 17.6 Å². The lowest BCUT2D eigenvalue weighted by molar-refractivity contribution is -0.124. The number of fused-ring (bicyclic) bond motifs is 3. The maximum Gasteiger partial charge on any atom is 0.192 e. The normalized spacial score (nSPS) is 25.2. The summed E-state index contributed by atoms with van der Waals surface area (Å²) in [5.74, 6) is -0.455. The van der Waals surface area contributed by atoms with Crippen molar-refractivity contribution >= 4 is 38.9 Å². The van der Waals surface area contributed by atoms with Gasteiger partial charge in [0.15, 0.2) is 5.78 Å². The van der Waals surface area contributed by atoms with Gasteiger partial charge in [0, 0.05) is 39.2 Å². The number of carbonyl (C=O) groups excluding carboxylic acids is 2. The van der Waals surface area contributed by atoms with Gasteiger partial charge in [-0.3, -0.25) is 14.6 Å². The largest absolute Gasteiger partial charge is 0.299 e. The number of nitrogens with zero attached hydrogens (tertiary/aromatic N) is 1. The van der Waals surface area contributed by atoms with Crippen LogP contribution in [0.3, 0.4) is 0 Å². The molecule has 0 bridgehead atoms. The first-order valence-corrected chi connectivity index (χ1v) is 10.4. The average Bonchev–Trinajstić information content (AvgIpc) is 2.92. The Kier molecular flexibility index (Phi) is 3.86. The van der Waals surface area contributed by atoms with Crippen LogP contribution in [0.5, 0.6) is 0 Å². The number of ketones is 2. The summed E-state index contributed by atoms with van der Waals surface area (Å²) in [4.78, 5) is 31.6. The van der Waals surface area contributed by atoms with Crippen molar-refractivity contribution in [2.24, 2.45) is 16.3 Å². The number of halogens is 1. The van der Waals surface area contributed by atoms with Crippen LogP contribution >= 0.6 is 15.9 Å². The number of rotatable bonds is 1. The highest BCUT2D eigenvalue weighted by Gasteiger charge is 2.50. The Morgan fingerprint density at radius 1 is 0.929 bits per heavy atom. The van der Waals surface area contributed by atoms with Crippen LogP contribution in [0.25, 0.3) is 5.70 Å². The molecule has 2 aliphatic carbocycles. The Hall–Kier alpha value is -2.33. The Labute approximate surface area is 172 Å². The van der Waals surface area contributed by atoms with Gasteiger partial charge in [0.05, 0.1) is 11.6 Å². The van der Waals surface area contributed by atoms with Gasteiger partial charge in [-0.2, -0.15) is 0 Å². The summed E-state index contributed by atoms with van der Waals surface area (Å²) in [5.41, 5.74) is 4.82. The molecule has 1 fully saturated rings. The molecule has 0 spiro atoms. The molecule has 140 valence electrons. The number of benzene rings is 2. The first-order valence-electron chi connectivity index (χ1n) is 9.60. The van der Waals surface area contributed by atoms with E-state index < -0.39 is 0 Å². The third kappa shape index (κ3) is 2.51. The van der Waals surface area contributed by atoms with Crippen molar-refractivity contribution in [2.75, 3.05) is 0 Å². The van der Waals surface area contributed by atoms with Crippen LogP contribution in [0.15, 0.2) is 63.6 Å². The van der Waals surface area contributed by atoms with E-state index in [0.717, 1.165) is 33.4 Å². The quantitative estimate of drug-likeness (QED) is 0.587. The van der Waals surface area contributed by atoms with Gasteiger partial charge < -0.3 is 0 Å². The minimum absolute atomic E-state index is 0.00628. The number of Topliss-reactive ketones (excluding diaryl/α,β-unsaturated/α-hetero) is 2. The Morgan fingerprint density at radius 2 is 1.61 bits per heavy atom. The zero-order chi connectivity index (χ0) is 19.6. The molecule has 1 saturated carbocycles. The van der Waals surface area contributed by atoms with Crippen LogP contribution in [0.1, 0.15) is 54.1 Å². The number of carbonyl (C=O) groups is 2. The van der Waals surface area contributed by atoms with Crippen LogP contribution in [-0.2, 0) is 4.79 Å². The van der Waals surface area contributed by atoms with Crippen molar-refractivity contribution in [3.63, 3.8) is 0 Å². The van der Waals surface area contributed by atoms with E-state index in [9.17, 15) is 9.59 Å². The zero-order valence-electron chi connectivity index (χ0n) is 15.8. The summed E-state index contributed by atoms with van der Waals surface area (Å²) in [5, 5.41) is 0. The van der Waals surface area contributed by atoms with Crippen molar-refractivity contribution in [1.29, 1.82) is 0 Å². The van der Waals surface area contributed by atoms with E-state index >= 15 is 0 Å². The summed E-state index contributed by atoms with van der Waals surface area (Å²) in [6.07, 6.45) is 1.29. The summed E-state index contributed by atoms with van der Waals surface area (Å²) in [7, 11) is 0. The summed E-state index contributed by atoms with van der Waals surface area (Å²) in [6, 6.07) is 15.6. The molecule has 0 N–H and O–H groups in total. The van der Waals surface area contributed by atoms with E-state index in [1.807, 2.05) is 48.5 Å².